The van der Waals surface area contributed by atoms with Crippen LogP contribution in [0.3, 0.4) is 0 Å². The van der Waals surface area contributed by atoms with Gasteiger partial charge in [-0.25, -0.2) is 4.79 Å². The summed E-state index contributed by atoms with van der Waals surface area (Å²) in [6.07, 6.45) is 1.02. The summed E-state index contributed by atoms with van der Waals surface area (Å²) in [5.74, 6) is -0.671. The Labute approximate surface area is 163 Å². The average Bonchev–Trinajstić information content (AvgIpc) is 3.26. The number of para-hydroxylation sites is 1. The molecule has 3 aromatic rings. The Hall–Kier alpha value is -3.21. The Morgan fingerprint density at radius 2 is 1.68 bits per heavy atom. The third-order valence-corrected chi connectivity index (χ3v) is 5.03. The zero-order valence-electron chi connectivity index (χ0n) is 15.8. The second kappa shape index (κ2) is 7.80. The van der Waals surface area contributed by atoms with Crippen LogP contribution in [0.2, 0.25) is 0 Å². The quantitative estimate of drug-likeness (QED) is 0.646. The zero-order valence-corrected chi connectivity index (χ0v) is 15.8. The number of hydrogen-bond acceptors (Lipinski definition) is 4. The van der Waals surface area contributed by atoms with Gasteiger partial charge >= 0.3 is 5.97 Å². The van der Waals surface area contributed by atoms with Gasteiger partial charge < -0.3 is 9.64 Å². The number of nitrogens with zero attached hydrogens (tertiary/aromatic N) is 2. The smallest absolute Gasteiger partial charge is 0.340 e. The molecule has 1 fully saturated rings. The van der Waals surface area contributed by atoms with Gasteiger partial charge in [0.15, 0.2) is 0 Å². The number of carbonyl (C=O) groups excluding carboxylic acids is 2. The summed E-state index contributed by atoms with van der Waals surface area (Å²) in [6.45, 7) is 3.25. The van der Waals surface area contributed by atoms with Crippen LogP contribution in [0, 0.1) is 6.92 Å². The summed E-state index contributed by atoms with van der Waals surface area (Å²) in [5.41, 5.74) is 2.57. The minimum absolute atomic E-state index is 0.160. The number of likely N-dealkylation sites (tertiary alicyclic amines) is 1. The van der Waals surface area contributed by atoms with Crippen molar-refractivity contribution in [3.63, 3.8) is 0 Å². The fraction of sp³-hybridized carbons (Fsp3) is 0.261. The molecule has 1 atom stereocenters. The Morgan fingerprint density at radius 3 is 2.43 bits per heavy atom. The number of aryl methyl sites for hydroxylation is 1. The second-order valence-corrected chi connectivity index (χ2v) is 7.06. The van der Waals surface area contributed by atoms with Crippen molar-refractivity contribution in [2.24, 2.45) is 0 Å². The van der Waals surface area contributed by atoms with Crippen LogP contribution < -0.4 is 0 Å². The van der Waals surface area contributed by atoms with Gasteiger partial charge in [-0.15, -0.1) is 0 Å². The summed E-state index contributed by atoms with van der Waals surface area (Å²) in [7, 11) is 0. The predicted octanol–water partition coefficient (Wildman–Crippen LogP) is 4.06. The van der Waals surface area contributed by atoms with Crippen LogP contribution in [0.4, 0.5) is 0 Å². The zero-order chi connectivity index (χ0) is 19.5. The maximum atomic E-state index is 13.1. The molecule has 28 heavy (non-hydrogen) atoms. The molecule has 0 aliphatic carbocycles. The maximum Gasteiger partial charge on any atom is 0.340 e. The average molecular weight is 374 g/mol. The SMILES string of the molecule is Cc1cc(C(=O)OC(C(=O)N2CCCC2)c2ccccc2)c2ccccc2n1. The number of hydrogen-bond donors (Lipinski definition) is 0. The van der Waals surface area contributed by atoms with E-state index in [9.17, 15) is 9.59 Å². The van der Waals surface area contributed by atoms with E-state index in [1.54, 1.807) is 11.0 Å². The van der Waals surface area contributed by atoms with Crippen molar-refractivity contribution >= 4 is 22.8 Å². The van der Waals surface area contributed by atoms with Crippen molar-refractivity contribution < 1.29 is 14.3 Å². The first kappa shape index (κ1) is 18.2. The number of fused-ring (bicyclic) bond motifs is 1. The highest BCUT2D eigenvalue weighted by molar-refractivity contribution is 6.04. The van der Waals surface area contributed by atoms with E-state index in [0.717, 1.165) is 29.4 Å². The lowest BCUT2D eigenvalue weighted by Gasteiger charge is -2.23. The molecule has 1 aliphatic rings. The number of ether oxygens (including phenoxy) is 1. The van der Waals surface area contributed by atoms with Crippen LogP contribution in [-0.2, 0) is 9.53 Å². The lowest BCUT2D eigenvalue weighted by Crippen LogP contribution is -2.34. The molecular formula is C23H22N2O3. The first-order valence-electron chi connectivity index (χ1n) is 9.54. The van der Waals surface area contributed by atoms with Gasteiger partial charge in [-0.2, -0.15) is 0 Å². The number of benzene rings is 2. The molecule has 5 heteroatoms. The first-order chi connectivity index (χ1) is 13.6. The molecule has 2 heterocycles. The highest BCUT2D eigenvalue weighted by Crippen LogP contribution is 2.26. The Kier molecular flexibility index (Phi) is 5.06. The minimum Gasteiger partial charge on any atom is -0.444 e. The standard InChI is InChI=1S/C23H22N2O3/c1-16-15-19(18-11-5-6-12-20(18)24-16)23(27)28-21(17-9-3-2-4-10-17)22(26)25-13-7-8-14-25/h2-6,9-12,15,21H,7-8,13-14H2,1H3. The number of pyridine rings is 1. The van der Waals surface area contributed by atoms with Crippen LogP contribution in [0.5, 0.6) is 0 Å². The van der Waals surface area contributed by atoms with Gasteiger partial charge in [0, 0.05) is 29.7 Å². The number of esters is 1. The van der Waals surface area contributed by atoms with Crippen LogP contribution in [0.15, 0.2) is 60.7 Å². The van der Waals surface area contributed by atoms with E-state index >= 15 is 0 Å². The number of aromatic nitrogens is 1. The number of carbonyl (C=O) groups is 2. The van der Waals surface area contributed by atoms with E-state index < -0.39 is 12.1 Å². The van der Waals surface area contributed by atoms with Crippen LogP contribution in [-0.4, -0.2) is 34.8 Å². The Bertz CT molecular complexity index is 1010. The largest absolute Gasteiger partial charge is 0.444 e. The van der Waals surface area contributed by atoms with Crippen LogP contribution >= 0.6 is 0 Å². The molecular weight excluding hydrogens is 352 g/mol. The maximum absolute atomic E-state index is 13.1. The summed E-state index contributed by atoms with van der Waals surface area (Å²) in [6, 6.07) is 18.4. The Balaban J connectivity index is 1.69. The van der Waals surface area contributed by atoms with Crippen molar-refractivity contribution in [2.75, 3.05) is 13.1 Å². The first-order valence-corrected chi connectivity index (χ1v) is 9.54. The van der Waals surface area contributed by atoms with Crippen molar-refractivity contribution in [2.45, 2.75) is 25.9 Å². The molecule has 1 aromatic heterocycles. The molecule has 142 valence electrons. The van der Waals surface area contributed by atoms with Crippen molar-refractivity contribution in [1.82, 2.24) is 9.88 Å². The van der Waals surface area contributed by atoms with Gasteiger partial charge in [0.25, 0.3) is 5.91 Å². The van der Waals surface area contributed by atoms with Crippen LogP contribution in [0.1, 0.15) is 40.6 Å². The molecule has 0 spiro atoms. The van der Waals surface area contributed by atoms with E-state index in [-0.39, 0.29) is 5.91 Å². The number of amides is 1. The van der Waals surface area contributed by atoms with E-state index in [1.165, 1.54) is 0 Å². The molecule has 4 rings (SSSR count). The van der Waals surface area contributed by atoms with Crippen molar-refractivity contribution in [3.05, 3.63) is 77.5 Å². The molecule has 1 unspecified atom stereocenters. The minimum atomic E-state index is -0.945. The number of rotatable bonds is 4. The van der Waals surface area contributed by atoms with Crippen molar-refractivity contribution in [1.29, 1.82) is 0 Å². The fourth-order valence-corrected chi connectivity index (χ4v) is 3.64. The normalized spacial score (nSPS) is 14.8. The molecule has 2 aromatic carbocycles. The fourth-order valence-electron chi connectivity index (χ4n) is 3.64. The lowest BCUT2D eigenvalue weighted by atomic mass is 10.1. The molecule has 1 aliphatic heterocycles. The monoisotopic (exact) mass is 374 g/mol. The van der Waals surface area contributed by atoms with E-state index in [1.807, 2.05) is 61.5 Å². The van der Waals surface area contributed by atoms with E-state index in [4.69, 9.17) is 4.74 Å². The third-order valence-electron chi connectivity index (χ3n) is 5.03. The predicted molar refractivity (Wildman–Crippen MR) is 107 cm³/mol. The van der Waals surface area contributed by atoms with E-state index in [0.29, 0.717) is 24.2 Å². The van der Waals surface area contributed by atoms with Gasteiger partial charge in [0.1, 0.15) is 0 Å². The molecule has 0 radical (unpaired) electrons. The van der Waals surface area contributed by atoms with Gasteiger partial charge in [-0.05, 0) is 31.9 Å². The van der Waals surface area contributed by atoms with Crippen LogP contribution in [0.25, 0.3) is 10.9 Å². The molecule has 0 saturated carbocycles. The summed E-state index contributed by atoms with van der Waals surface area (Å²) in [5, 5.41) is 0.721. The topological polar surface area (TPSA) is 59.5 Å². The van der Waals surface area contributed by atoms with E-state index in [2.05, 4.69) is 4.98 Å². The third kappa shape index (κ3) is 3.60. The second-order valence-electron chi connectivity index (χ2n) is 7.06. The molecule has 5 nitrogen and oxygen atoms in total. The molecule has 1 saturated heterocycles. The lowest BCUT2D eigenvalue weighted by molar-refractivity contribution is -0.140. The summed E-state index contributed by atoms with van der Waals surface area (Å²) < 4.78 is 5.80. The summed E-state index contributed by atoms with van der Waals surface area (Å²) in [4.78, 5) is 32.4. The highest BCUT2D eigenvalue weighted by atomic mass is 16.5. The molecule has 0 bridgehead atoms. The molecule has 0 N–H and O–H groups in total. The van der Waals surface area contributed by atoms with Crippen molar-refractivity contribution in [3.8, 4) is 0 Å². The van der Waals surface area contributed by atoms with Gasteiger partial charge in [0.2, 0.25) is 6.10 Å². The van der Waals surface area contributed by atoms with Gasteiger partial charge in [-0.1, -0.05) is 48.5 Å². The van der Waals surface area contributed by atoms with Gasteiger partial charge in [0.05, 0.1) is 11.1 Å². The highest BCUT2D eigenvalue weighted by Gasteiger charge is 2.31. The summed E-state index contributed by atoms with van der Waals surface area (Å²) >= 11 is 0. The van der Waals surface area contributed by atoms with Gasteiger partial charge in [-0.3, -0.25) is 9.78 Å². The molecule has 1 amide bonds. The Morgan fingerprint density at radius 1 is 1.00 bits per heavy atom.